The number of amides is 2. The molecule has 0 aliphatic rings. The van der Waals surface area contributed by atoms with E-state index in [0.29, 0.717) is 37.4 Å². The standard InChI is InChI=1S/C24H31ClN2O2/c1-4-15-26-24(29)22(5-2)27(17-19-10-8-9-18(3)16-19)23(28)14-13-20-11-6-7-12-21(20)25/h6-12,16,22H,4-5,13-15,17H2,1-3H3,(H,26,29)/t22-/m0/s1. The first-order chi connectivity index (χ1) is 14.0. The van der Waals surface area contributed by atoms with E-state index in [0.717, 1.165) is 23.1 Å². The molecule has 2 amide bonds. The molecule has 0 aliphatic heterocycles. The van der Waals surface area contributed by atoms with Gasteiger partial charge in [-0.2, -0.15) is 0 Å². The molecule has 0 bridgehead atoms. The maximum absolute atomic E-state index is 13.2. The van der Waals surface area contributed by atoms with Crippen LogP contribution in [0, 0.1) is 6.92 Å². The smallest absolute Gasteiger partial charge is 0.242 e. The van der Waals surface area contributed by atoms with Crippen LogP contribution in [0.4, 0.5) is 0 Å². The van der Waals surface area contributed by atoms with Gasteiger partial charge in [-0.05, 0) is 43.4 Å². The number of hydrogen-bond acceptors (Lipinski definition) is 2. The van der Waals surface area contributed by atoms with E-state index in [4.69, 9.17) is 11.6 Å². The number of aryl methyl sites for hydroxylation is 2. The van der Waals surface area contributed by atoms with Gasteiger partial charge in [-0.3, -0.25) is 9.59 Å². The Labute approximate surface area is 179 Å². The van der Waals surface area contributed by atoms with Gasteiger partial charge in [-0.1, -0.05) is 73.5 Å². The minimum absolute atomic E-state index is 0.0371. The molecule has 0 radical (unpaired) electrons. The highest BCUT2D eigenvalue weighted by molar-refractivity contribution is 6.31. The van der Waals surface area contributed by atoms with Crippen LogP contribution in [0.2, 0.25) is 5.02 Å². The Hall–Kier alpha value is -2.33. The van der Waals surface area contributed by atoms with E-state index >= 15 is 0 Å². The molecule has 2 aromatic rings. The Morgan fingerprint density at radius 2 is 1.86 bits per heavy atom. The second-order valence-electron chi connectivity index (χ2n) is 7.32. The van der Waals surface area contributed by atoms with E-state index < -0.39 is 6.04 Å². The molecule has 0 saturated heterocycles. The van der Waals surface area contributed by atoms with Gasteiger partial charge in [0, 0.05) is 24.5 Å². The summed E-state index contributed by atoms with van der Waals surface area (Å²) in [5.74, 6) is -0.127. The molecule has 1 N–H and O–H groups in total. The van der Waals surface area contributed by atoms with Crippen molar-refractivity contribution in [3.05, 3.63) is 70.2 Å². The van der Waals surface area contributed by atoms with Gasteiger partial charge < -0.3 is 10.2 Å². The van der Waals surface area contributed by atoms with E-state index in [9.17, 15) is 9.59 Å². The lowest BCUT2D eigenvalue weighted by Gasteiger charge is -2.31. The molecule has 0 unspecified atom stereocenters. The zero-order valence-corrected chi connectivity index (χ0v) is 18.3. The van der Waals surface area contributed by atoms with Crippen LogP contribution in [0.25, 0.3) is 0 Å². The fourth-order valence-corrected chi connectivity index (χ4v) is 3.61. The maximum Gasteiger partial charge on any atom is 0.242 e. The third-order valence-electron chi connectivity index (χ3n) is 4.94. The fourth-order valence-electron chi connectivity index (χ4n) is 3.38. The van der Waals surface area contributed by atoms with Gasteiger partial charge in [-0.25, -0.2) is 0 Å². The Morgan fingerprint density at radius 3 is 2.52 bits per heavy atom. The van der Waals surface area contributed by atoms with Crippen LogP contribution in [0.15, 0.2) is 48.5 Å². The van der Waals surface area contributed by atoms with Crippen molar-refractivity contribution in [2.75, 3.05) is 6.54 Å². The van der Waals surface area contributed by atoms with Gasteiger partial charge >= 0.3 is 0 Å². The Bertz CT molecular complexity index is 822. The van der Waals surface area contributed by atoms with Crippen molar-refractivity contribution in [1.29, 1.82) is 0 Å². The van der Waals surface area contributed by atoms with Gasteiger partial charge in [0.05, 0.1) is 0 Å². The predicted molar refractivity (Wildman–Crippen MR) is 119 cm³/mol. The molecule has 4 nitrogen and oxygen atoms in total. The Morgan fingerprint density at radius 1 is 1.10 bits per heavy atom. The molecule has 0 fully saturated rings. The van der Waals surface area contributed by atoms with Crippen molar-refractivity contribution < 1.29 is 9.59 Å². The summed E-state index contributed by atoms with van der Waals surface area (Å²) >= 11 is 6.24. The normalized spacial score (nSPS) is 11.7. The van der Waals surface area contributed by atoms with Gasteiger partial charge in [0.15, 0.2) is 0 Å². The Balaban J connectivity index is 2.20. The maximum atomic E-state index is 13.2. The Kier molecular flexibility index (Phi) is 9.20. The van der Waals surface area contributed by atoms with Crippen LogP contribution in [0.3, 0.4) is 0 Å². The number of halogens is 1. The third kappa shape index (κ3) is 6.90. The van der Waals surface area contributed by atoms with E-state index in [1.165, 1.54) is 0 Å². The number of hydrogen-bond donors (Lipinski definition) is 1. The molecule has 156 valence electrons. The van der Waals surface area contributed by atoms with E-state index in [1.807, 2.05) is 63.2 Å². The van der Waals surface area contributed by atoms with Crippen LogP contribution in [-0.4, -0.2) is 29.3 Å². The zero-order chi connectivity index (χ0) is 21.2. The largest absolute Gasteiger partial charge is 0.354 e. The van der Waals surface area contributed by atoms with Crippen molar-refractivity contribution in [3.8, 4) is 0 Å². The summed E-state index contributed by atoms with van der Waals surface area (Å²) in [6.07, 6.45) is 2.29. The molecule has 5 heteroatoms. The second-order valence-corrected chi connectivity index (χ2v) is 7.72. The summed E-state index contributed by atoms with van der Waals surface area (Å²) < 4.78 is 0. The lowest BCUT2D eigenvalue weighted by molar-refractivity contribution is -0.141. The SMILES string of the molecule is CCCNC(=O)[C@H](CC)N(Cc1cccc(C)c1)C(=O)CCc1ccccc1Cl. The highest BCUT2D eigenvalue weighted by Crippen LogP contribution is 2.19. The first-order valence-corrected chi connectivity index (χ1v) is 10.7. The number of carbonyl (C=O) groups excluding carboxylic acids is 2. The number of benzene rings is 2. The molecule has 0 aromatic heterocycles. The van der Waals surface area contributed by atoms with E-state index in [2.05, 4.69) is 11.4 Å². The fraction of sp³-hybridized carbons (Fsp3) is 0.417. The van der Waals surface area contributed by atoms with Gasteiger partial charge in [0.25, 0.3) is 0 Å². The molecule has 2 rings (SSSR count). The molecule has 0 saturated carbocycles. The molecular formula is C24H31ClN2O2. The van der Waals surface area contributed by atoms with Gasteiger partial charge in [0.1, 0.15) is 6.04 Å². The first-order valence-electron chi connectivity index (χ1n) is 10.3. The summed E-state index contributed by atoms with van der Waals surface area (Å²) in [6.45, 7) is 7.02. The van der Waals surface area contributed by atoms with E-state index in [1.54, 1.807) is 4.90 Å². The monoisotopic (exact) mass is 414 g/mol. The van der Waals surface area contributed by atoms with Crippen molar-refractivity contribution in [1.82, 2.24) is 10.2 Å². The molecule has 29 heavy (non-hydrogen) atoms. The van der Waals surface area contributed by atoms with Crippen LogP contribution in [0.5, 0.6) is 0 Å². The number of nitrogens with one attached hydrogen (secondary N) is 1. The average Bonchev–Trinajstić information content (AvgIpc) is 2.71. The molecule has 0 aliphatic carbocycles. The molecule has 2 aromatic carbocycles. The quantitative estimate of drug-likeness (QED) is 0.600. The highest BCUT2D eigenvalue weighted by atomic mass is 35.5. The minimum Gasteiger partial charge on any atom is -0.354 e. The first kappa shape index (κ1) is 23.0. The molecule has 1 atom stereocenters. The molecule has 0 spiro atoms. The second kappa shape index (κ2) is 11.6. The van der Waals surface area contributed by atoms with Gasteiger partial charge in [-0.15, -0.1) is 0 Å². The summed E-state index contributed by atoms with van der Waals surface area (Å²) in [5.41, 5.74) is 3.11. The lowest BCUT2D eigenvalue weighted by atomic mass is 10.1. The summed E-state index contributed by atoms with van der Waals surface area (Å²) in [7, 11) is 0. The minimum atomic E-state index is -0.485. The zero-order valence-electron chi connectivity index (χ0n) is 17.6. The third-order valence-corrected chi connectivity index (χ3v) is 5.31. The molecule has 0 heterocycles. The predicted octanol–water partition coefficient (Wildman–Crippen LogP) is 4.91. The van der Waals surface area contributed by atoms with Crippen LogP contribution >= 0.6 is 11.6 Å². The molecular weight excluding hydrogens is 384 g/mol. The van der Waals surface area contributed by atoms with E-state index in [-0.39, 0.29) is 11.8 Å². The number of rotatable bonds is 10. The summed E-state index contributed by atoms with van der Waals surface area (Å²) in [6, 6.07) is 15.1. The average molecular weight is 415 g/mol. The van der Waals surface area contributed by atoms with Crippen molar-refractivity contribution in [2.24, 2.45) is 0 Å². The lowest BCUT2D eigenvalue weighted by Crippen LogP contribution is -2.49. The summed E-state index contributed by atoms with van der Waals surface area (Å²) in [5, 5.41) is 3.61. The number of carbonyl (C=O) groups is 2. The van der Waals surface area contributed by atoms with Crippen molar-refractivity contribution >= 4 is 23.4 Å². The van der Waals surface area contributed by atoms with Crippen LogP contribution in [-0.2, 0) is 22.6 Å². The topological polar surface area (TPSA) is 49.4 Å². The number of nitrogens with zero attached hydrogens (tertiary/aromatic N) is 1. The van der Waals surface area contributed by atoms with Crippen LogP contribution < -0.4 is 5.32 Å². The van der Waals surface area contributed by atoms with Gasteiger partial charge in [0.2, 0.25) is 11.8 Å². The highest BCUT2D eigenvalue weighted by Gasteiger charge is 2.28. The van der Waals surface area contributed by atoms with Crippen molar-refractivity contribution in [3.63, 3.8) is 0 Å². The summed E-state index contributed by atoms with van der Waals surface area (Å²) in [4.78, 5) is 27.7. The van der Waals surface area contributed by atoms with Crippen LogP contribution in [0.1, 0.15) is 49.8 Å². The van der Waals surface area contributed by atoms with Crippen molar-refractivity contribution in [2.45, 2.75) is 59.0 Å².